The van der Waals surface area contributed by atoms with Crippen molar-refractivity contribution in [2.45, 2.75) is 66.7 Å². The molecule has 1 heterocycles. The van der Waals surface area contributed by atoms with E-state index >= 15 is 0 Å². The number of carbonyl (C=O) groups is 3. The zero-order valence-electron chi connectivity index (χ0n) is 24.5. The topological polar surface area (TPSA) is 83.8 Å². The van der Waals surface area contributed by atoms with Crippen LogP contribution in [-0.2, 0) is 23.8 Å². The van der Waals surface area contributed by atoms with Crippen LogP contribution in [0.2, 0.25) is 0 Å². The van der Waals surface area contributed by atoms with Crippen LogP contribution < -0.4 is 0 Å². The predicted octanol–water partition coefficient (Wildman–Crippen LogP) is 7.84. The van der Waals surface area contributed by atoms with E-state index < -0.39 is 41.1 Å². The number of benzene rings is 2. The molecule has 0 unspecified atom stereocenters. The molecule has 8 heteroatoms. The van der Waals surface area contributed by atoms with Crippen molar-refractivity contribution in [3.63, 3.8) is 0 Å². The van der Waals surface area contributed by atoms with Gasteiger partial charge in [0.1, 0.15) is 17.3 Å². The Bertz CT molecular complexity index is 1560. The molecule has 41 heavy (non-hydrogen) atoms. The van der Waals surface area contributed by atoms with Crippen LogP contribution in [0.15, 0.2) is 65.6 Å². The summed E-state index contributed by atoms with van der Waals surface area (Å²) in [7, 11) is 0. The van der Waals surface area contributed by atoms with E-state index in [2.05, 4.69) is 0 Å². The first kappa shape index (κ1) is 29.8. The Hall–Kier alpha value is -4.20. The van der Waals surface area contributed by atoms with Gasteiger partial charge in [0.15, 0.2) is 0 Å². The summed E-state index contributed by atoms with van der Waals surface area (Å²) in [6.07, 6.45) is 1.50. The quantitative estimate of drug-likeness (QED) is 0.173. The van der Waals surface area contributed by atoms with Crippen molar-refractivity contribution in [1.82, 2.24) is 4.57 Å². The van der Waals surface area contributed by atoms with Crippen LogP contribution in [0.1, 0.15) is 83.5 Å². The van der Waals surface area contributed by atoms with Crippen molar-refractivity contribution in [2.75, 3.05) is 6.61 Å². The molecule has 1 aliphatic carbocycles. The third-order valence-electron chi connectivity index (χ3n) is 7.56. The molecule has 0 saturated carbocycles. The summed E-state index contributed by atoms with van der Waals surface area (Å²) in [6, 6.07) is 13.6. The highest BCUT2D eigenvalue weighted by Gasteiger charge is 2.47. The summed E-state index contributed by atoms with van der Waals surface area (Å²) in [4.78, 5) is 38.2. The molecular formula is C33H36FNO6. The molecule has 4 rings (SSSR count). The lowest BCUT2D eigenvalue weighted by Gasteiger charge is -2.40. The fourth-order valence-electron chi connectivity index (χ4n) is 5.89. The van der Waals surface area contributed by atoms with Crippen LogP contribution in [0.3, 0.4) is 0 Å². The Kier molecular flexibility index (Phi) is 8.52. The van der Waals surface area contributed by atoms with Gasteiger partial charge in [-0.1, -0.05) is 44.2 Å². The number of halogens is 1. The van der Waals surface area contributed by atoms with E-state index in [1.54, 1.807) is 23.6 Å². The maximum atomic E-state index is 14.2. The van der Waals surface area contributed by atoms with Crippen molar-refractivity contribution in [2.24, 2.45) is 5.41 Å². The summed E-state index contributed by atoms with van der Waals surface area (Å²) in [5.41, 5.74) is 2.68. The Morgan fingerprint density at radius 1 is 0.951 bits per heavy atom. The fraction of sp³-hybridized carbons (Fsp3) is 0.364. The van der Waals surface area contributed by atoms with Gasteiger partial charge >= 0.3 is 18.0 Å². The highest BCUT2D eigenvalue weighted by molar-refractivity contribution is 5.98. The number of fused-ring (bicyclic) bond motifs is 3. The third-order valence-corrected chi connectivity index (χ3v) is 7.56. The maximum absolute atomic E-state index is 14.2. The highest BCUT2D eigenvalue weighted by Crippen LogP contribution is 2.56. The molecule has 216 valence electrons. The second-order valence-corrected chi connectivity index (χ2v) is 11.0. The SMILES string of the molecule is CCOC(=O)n1c2c(c3ccccc31)C=C(OC(C)=O)C(C)(C)[C@H](c1ccc(F)cc1)[C@H]2CC(OC(C)=O)=C(C)C. The number of para-hydroxylation sites is 1. The number of carbonyl (C=O) groups excluding carboxylic acids is 3. The van der Waals surface area contributed by atoms with Crippen molar-refractivity contribution in [3.05, 3.63) is 88.3 Å². The lowest BCUT2D eigenvalue weighted by molar-refractivity contribution is -0.139. The summed E-state index contributed by atoms with van der Waals surface area (Å²) in [6.45, 7) is 12.2. The smallest absolute Gasteiger partial charge is 0.418 e. The van der Waals surface area contributed by atoms with Gasteiger partial charge in [-0.2, -0.15) is 0 Å². The van der Waals surface area contributed by atoms with E-state index in [-0.39, 0.29) is 13.0 Å². The molecule has 2 atom stereocenters. The lowest BCUT2D eigenvalue weighted by atomic mass is 9.66. The second kappa shape index (κ2) is 11.7. The van der Waals surface area contributed by atoms with Gasteiger partial charge in [0, 0.05) is 54.2 Å². The molecule has 1 aliphatic rings. The van der Waals surface area contributed by atoms with Crippen molar-refractivity contribution in [1.29, 1.82) is 0 Å². The first-order chi connectivity index (χ1) is 19.4. The maximum Gasteiger partial charge on any atom is 0.418 e. The van der Waals surface area contributed by atoms with Crippen molar-refractivity contribution < 1.29 is 33.0 Å². The summed E-state index contributed by atoms with van der Waals surface area (Å²) in [5, 5.41) is 0.770. The van der Waals surface area contributed by atoms with E-state index in [0.717, 1.165) is 16.5 Å². The first-order valence-corrected chi connectivity index (χ1v) is 13.7. The number of rotatable bonds is 6. The molecule has 0 fully saturated rings. The minimum atomic E-state index is -0.837. The zero-order valence-corrected chi connectivity index (χ0v) is 24.5. The molecule has 0 N–H and O–H groups in total. The van der Waals surface area contributed by atoms with E-state index in [0.29, 0.717) is 28.3 Å². The average molecular weight is 562 g/mol. The third kappa shape index (κ3) is 5.82. The molecule has 0 spiro atoms. The predicted molar refractivity (Wildman–Crippen MR) is 155 cm³/mol. The number of hydrogen-bond acceptors (Lipinski definition) is 6. The van der Waals surface area contributed by atoms with E-state index in [1.165, 1.54) is 26.0 Å². The standard InChI is InChI=1S/C33H36FNO6/c1-8-39-32(38)35-27-12-10-9-11-24(27)25-18-29(41-21(5)37)33(6,7)30(22-13-15-23(34)16-14-22)26(31(25)35)17-28(19(2)3)40-20(4)36/h9-16,18,26,30H,8,17H2,1-7H3/t26-,30-/m1/s1. The Morgan fingerprint density at radius 3 is 2.20 bits per heavy atom. The number of aromatic nitrogens is 1. The van der Waals surface area contributed by atoms with Crippen LogP contribution in [-0.4, -0.2) is 29.2 Å². The molecule has 2 aromatic carbocycles. The van der Waals surface area contributed by atoms with Crippen LogP contribution in [0.5, 0.6) is 0 Å². The highest BCUT2D eigenvalue weighted by atomic mass is 19.1. The van der Waals surface area contributed by atoms with Crippen molar-refractivity contribution in [3.8, 4) is 0 Å². The van der Waals surface area contributed by atoms with Gasteiger partial charge in [-0.3, -0.25) is 9.59 Å². The summed E-state index contributed by atoms with van der Waals surface area (Å²) >= 11 is 0. The van der Waals surface area contributed by atoms with Gasteiger partial charge in [-0.05, 0) is 56.2 Å². The molecule has 0 amide bonds. The number of hydrogen-bond donors (Lipinski definition) is 0. The van der Waals surface area contributed by atoms with Crippen LogP contribution in [0.25, 0.3) is 17.0 Å². The number of allylic oxidation sites excluding steroid dienone is 3. The van der Waals surface area contributed by atoms with Crippen LogP contribution in [0.4, 0.5) is 9.18 Å². The summed E-state index contributed by atoms with van der Waals surface area (Å²) < 4.78 is 32.8. The van der Waals surface area contributed by atoms with Crippen LogP contribution >= 0.6 is 0 Å². The van der Waals surface area contributed by atoms with Gasteiger partial charge in [0.05, 0.1) is 12.1 Å². The van der Waals surface area contributed by atoms with Crippen molar-refractivity contribution >= 4 is 35.0 Å². The van der Waals surface area contributed by atoms with Gasteiger partial charge in [0.25, 0.3) is 0 Å². The summed E-state index contributed by atoms with van der Waals surface area (Å²) in [5.74, 6) is -1.43. The Morgan fingerprint density at radius 2 is 1.61 bits per heavy atom. The molecule has 3 aromatic rings. The monoisotopic (exact) mass is 561 g/mol. The van der Waals surface area contributed by atoms with E-state index in [9.17, 15) is 18.8 Å². The minimum absolute atomic E-state index is 0.166. The first-order valence-electron chi connectivity index (χ1n) is 13.7. The number of nitrogens with zero attached hydrogens (tertiary/aromatic N) is 1. The van der Waals surface area contributed by atoms with Crippen LogP contribution in [0, 0.1) is 11.2 Å². The fourth-order valence-corrected chi connectivity index (χ4v) is 5.89. The van der Waals surface area contributed by atoms with E-state index in [4.69, 9.17) is 14.2 Å². The molecule has 0 radical (unpaired) electrons. The number of esters is 2. The molecule has 0 bridgehead atoms. The largest absolute Gasteiger partial charge is 0.449 e. The minimum Gasteiger partial charge on any atom is -0.449 e. The van der Waals surface area contributed by atoms with Gasteiger partial charge in [-0.15, -0.1) is 0 Å². The second-order valence-electron chi connectivity index (χ2n) is 11.0. The lowest BCUT2D eigenvalue weighted by Crippen LogP contribution is -2.32. The van der Waals surface area contributed by atoms with Gasteiger partial charge in [0.2, 0.25) is 0 Å². The Balaban J connectivity index is 2.16. The zero-order chi connectivity index (χ0) is 30.1. The van der Waals surface area contributed by atoms with Gasteiger partial charge in [-0.25, -0.2) is 13.8 Å². The van der Waals surface area contributed by atoms with E-state index in [1.807, 2.05) is 58.0 Å². The molecule has 0 aliphatic heterocycles. The molecular weight excluding hydrogens is 525 g/mol. The van der Waals surface area contributed by atoms with Gasteiger partial charge < -0.3 is 14.2 Å². The molecule has 1 aromatic heterocycles. The average Bonchev–Trinajstić information content (AvgIpc) is 3.17. The normalized spacial score (nSPS) is 17.6. The molecule has 7 nitrogen and oxygen atoms in total. The molecule has 0 saturated heterocycles. The Labute approximate surface area is 239 Å². The number of ether oxygens (including phenoxy) is 3.